The first-order chi connectivity index (χ1) is 13.6. The third kappa shape index (κ3) is 9.91. The number of carbonyl (C=O) groups excluding carboxylic acids is 2. The van der Waals surface area contributed by atoms with Crippen molar-refractivity contribution in [2.24, 2.45) is 5.92 Å². The van der Waals surface area contributed by atoms with E-state index in [-0.39, 0.29) is 17.9 Å². The molecule has 1 rings (SSSR count). The molecule has 0 radical (unpaired) electrons. The number of carbonyl (C=O) groups is 2. The maximum absolute atomic E-state index is 12.7. The molecule has 0 aliphatic carbocycles. The second-order valence-corrected chi connectivity index (χ2v) is 7.49. The largest absolute Gasteiger partial charge is 0.423 e. The highest BCUT2D eigenvalue weighted by molar-refractivity contribution is 5.77. The molecule has 1 aromatic carbocycles. The Kier molecular flexibility index (Phi) is 13.1. The fourth-order valence-electron chi connectivity index (χ4n) is 3.20. The van der Waals surface area contributed by atoms with Crippen LogP contribution in [-0.2, 0) is 9.59 Å². The van der Waals surface area contributed by atoms with Crippen LogP contribution in [0.2, 0.25) is 0 Å². The van der Waals surface area contributed by atoms with Crippen LogP contribution in [0.4, 0.5) is 0 Å². The molecule has 0 saturated carbocycles. The first-order valence-corrected chi connectivity index (χ1v) is 11.1. The fourth-order valence-corrected chi connectivity index (χ4v) is 3.20. The van der Waals surface area contributed by atoms with Crippen molar-refractivity contribution >= 4 is 11.9 Å². The first kappa shape index (κ1) is 24.2. The average Bonchev–Trinajstić information content (AvgIpc) is 2.69. The summed E-state index contributed by atoms with van der Waals surface area (Å²) < 4.78 is 11.1. The Bertz CT molecular complexity index is 567. The zero-order valence-electron chi connectivity index (χ0n) is 18.0. The molecule has 0 aliphatic heterocycles. The van der Waals surface area contributed by atoms with E-state index in [0.717, 1.165) is 38.5 Å². The molecule has 1 aromatic rings. The van der Waals surface area contributed by atoms with Gasteiger partial charge < -0.3 is 9.47 Å². The lowest BCUT2D eigenvalue weighted by Gasteiger charge is -2.16. The second-order valence-electron chi connectivity index (χ2n) is 7.49. The van der Waals surface area contributed by atoms with Gasteiger partial charge in [0.15, 0.2) is 11.5 Å². The maximum Gasteiger partial charge on any atom is 0.314 e. The van der Waals surface area contributed by atoms with Gasteiger partial charge in [0, 0.05) is 6.42 Å². The Morgan fingerprint density at radius 1 is 0.750 bits per heavy atom. The molecule has 1 atom stereocenters. The molecule has 0 fully saturated rings. The van der Waals surface area contributed by atoms with E-state index in [1.165, 1.54) is 32.1 Å². The summed E-state index contributed by atoms with van der Waals surface area (Å²) in [7, 11) is 0. The highest BCUT2D eigenvalue weighted by atomic mass is 16.6. The van der Waals surface area contributed by atoms with E-state index in [1.807, 2.05) is 6.92 Å². The van der Waals surface area contributed by atoms with Crippen molar-refractivity contribution in [3.05, 3.63) is 24.3 Å². The molecule has 0 saturated heterocycles. The molecule has 4 heteroatoms. The molecule has 28 heavy (non-hydrogen) atoms. The normalized spacial score (nSPS) is 11.8. The minimum Gasteiger partial charge on any atom is -0.423 e. The molecule has 4 nitrogen and oxygen atoms in total. The summed E-state index contributed by atoms with van der Waals surface area (Å²) >= 11 is 0. The van der Waals surface area contributed by atoms with Crippen molar-refractivity contribution < 1.29 is 19.1 Å². The van der Waals surface area contributed by atoms with E-state index in [9.17, 15) is 9.59 Å². The van der Waals surface area contributed by atoms with Gasteiger partial charge in [-0.2, -0.15) is 0 Å². The lowest BCUT2D eigenvalue weighted by molar-refractivity contribution is -0.140. The summed E-state index contributed by atoms with van der Waals surface area (Å²) in [6.45, 7) is 6.33. The molecule has 0 bridgehead atoms. The summed E-state index contributed by atoms with van der Waals surface area (Å²) in [6.07, 6.45) is 12.0. The van der Waals surface area contributed by atoms with Crippen molar-refractivity contribution in [1.29, 1.82) is 0 Å². The molecule has 158 valence electrons. The van der Waals surface area contributed by atoms with Crippen LogP contribution < -0.4 is 9.47 Å². The summed E-state index contributed by atoms with van der Waals surface area (Å²) in [4.78, 5) is 24.6. The summed E-state index contributed by atoms with van der Waals surface area (Å²) in [5.41, 5.74) is 0. The third-order valence-corrected chi connectivity index (χ3v) is 4.89. The Morgan fingerprint density at radius 3 is 2.00 bits per heavy atom. The molecule has 0 spiro atoms. The van der Waals surface area contributed by atoms with Gasteiger partial charge in [-0.05, 0) is 31.4 Å². The Labute approximate surface area is 171 Å². The lowest BCUT2D eigenvalue weighted by Crippen LogP contribution is -2.21. The fraction of sp³-hybridized carbons (Fsp3) is 0.667. The average molecular weight is 391 g/mol. The monoisotopic (exact) mass is 390 g/mol. The van der Waals surface area contributed by atoms with Crippen LogP contribution in [0.15, 0.2) is 24.3 Å². The zero-order chi connectivity index (χ0) is 20.6. The summed E-state index contributed by atoms with van der Waals surface area (Å²) in [5, 5.41) is 0. The van der Waals surface area contributed by atoms with Gasteiger partial charge in [-0.15, -0.1) is 0 Å². The quantitative estimate of drug-likeness (QED) is 0.187. The van der Waals surface area contributed by atoms with E-state index < -0.39 is 0 Å². The van der Waals surface area contributed by atoms with Gasteiger partial charge in [0.05, 0.1) is 5.92 Å². The predicted molar refractivity (Wildman–Crippen MR) is 114 cm³/mol. The topological polar surface area (TPSA) is 52.6 Å². The predicted octanol–water partition coefficient (Wildman–Crippen LogP) is 6.85. The minimum absolute atomic E-state index is 0.0972. The Morgan fingerprint density at radius 2 is 1.36 bits per heavy atom. The van der Waals surface area contributed by atoms with Gasteiger partial charge in [-0.3, -0.25) is 9.59 Å². The van der Waals surface area contributed by atoms with Gasteiger partial charge >= 0.3 is 11.9 Å². The number of unbranched alkanes of at least 4 members (excludes halogenated alkanes) is 6. The van der Waals surface area contributed by atoms with E-state index in [1.54, 1.807) is 24.3 Å². The number of para-hydroxylation sites is 2. The highest BCUT2D eigenvalue weighted by Crippen LogP contribution is 2.29. The molecule has 1 unspecified atom stereocenters. The van der Waals surface area contributed by atoms with Crippen LogP contribution in [0.5, 0.6) is 11.5 Å². The Hall–Kier alpha value is -1.84. The van der Waals surface area contributed by atoms with Crippen LogP contribution in [-0.4, -0.2) is 11.9 Å². The van der Waals surface area contributed by atoms with Gasteiger partial charge in [0.1, 0.15) is 0 Å². The van der Waals surface area contributed by atoms with E-state index in [4.69, 9.17) is 9.47 Å². The second kappa shape index (κ2) is 15.1. The molecule has 0 aromatic heterocycles. The lowest BCUT2D eigenvalue weighted by atomic mass is 9.96. The van der Waals surface area contributed by atoms with E-state index >= 15 is 0 Å². The number of rotatable bonds is 15. The first-order valence-electron chi connectivity index (χ1n) is 11.1. The number of hydrogen-bond acceptors (Lipinski definition) is 4. The highest BCUT2D eigenvalue weighted by Gasteiger charge is 2.21. The SMILES string of the molecule is CCCCCCCCC(CCC)C(=O)Oc1ccccc1OC(=O)CCCC. The molecule has 0 amide bonds. The van der Waals surface area contributed by atoms with Crippen LogP contribution in [0.1, 0.15) is 97.8 Å². The van der Waals surface area contributed by atoms with Gasteiger partial charge in [-0.25, -0.2) is 0 Å². The van der Waals surface area contributed by atoms with Crippen LogP contribution in [0, 0.1) is 5.92 Å². The number of ether oxygens (including phenoxy) is 2. The van der Waals surface area contributed by atoms with Crippen molar-refractivity contribution in [3.63, 3.8) is 0 Å². The van der Waals surface area contributed by atoms with Gasteiger partial charge in [0.25, 0.3) is 0 Å². The van der Waals surface area contributed by atoms with Crippen molar-refractivity contribution in [1.82, 2.24) is 0 Å². The van der Waals surface area contributed by atoms with Crippen LogP contribution in [0.25, 0.3) is 0 Å². The van der Waals surface area contributed by atoms with Crippen LogP contribution >= 0.6 is 0 Å². The van der Waals surface area contributed by atoms with Crippen molar-refractivity contribution in [2.75, 3.05) is 0 Å². The molecular weight excluding hydrogens is 352 g/mol. The number of hydrogen-bond donors (Lipinski definition) is 0. The Balaban J connectivity index is 2.60. The van der Waals surface area contributed by atoms with E-state index in [2.05, 4.69) is 13.8 Å². The summed E-state index contributed by atoms with van der Waals surface area (Å²) in [5.74, 6) is 0.0585. The number of esters is 2. The van der Waals surface area contributed by atoms with Crippen molar-refractivity contribution in [3.8, 4) is 11.5 Å². The summed E-state index contributed by atoms with van der Waals surface area (Å²) in [6, 6.07) is 6.93. The zero-order valence-corrected chi connectivity index (χ0v) is 18.0. The standard InChI is InChI=1S/C24H38O4/c1-4-7-9-10-11-12-16-20(15-6-3)24(26)28-22-18-14-13-17-21(22)27-23(25)19-8-5-2/h13-14,17-18,20H,4-12,15-16,19H2,1-3H3. The van der Waals surface area contributed by atoms with E-state index in [0.29, 0.717) is 17.9 Å². The third-order valence-electron chi connectivity index (χ3n) is 4.89. The van der Waals surface area contributed by atoms with Gasteiger partial charge in [0.2, 0.25) is 0 Å². The minimum atomic E-state index is -0.289. The molecule has 0 aliphatic rings. The van der Waals surface area contributed by atoms with Gasteiger partial charge in [-0.1, -0.05) is 84.3 Å². The molecule has 0 heterocycles. The molecule has 0 N–H and O–H groups in total. The number of benzene rings is 1. The smallest absolute Gasteiger partial charge is 0.314 e. The maximum atomic E-state index is 12.7. The van der Waals surface area contributed by atoms with Crippen LogP contribution in [0.3, 0.4) is 0 Å². The van der Waals surface area contributed by atoms with Crippen molar-refractivity contribution in [2.45, 2.75) is 97.8 Å². The molecular formula is C24H38O4.